The first-order valence-electron chi connectivity index (χ1n) is 6.81. The number of carboxylic acid groups (broad SMARTS) is 1. The Bertz CT molecular complexity index is 489. The van der Waals surface area contributed by atoms with Gasteiger partial charge in [-0.2, -0.15) is 0 Å². The van der Waals surface area contributed by atoms with Crippen molar-refractivity contribution in [1.82, 2.24) is 10.2 Å². The van der Waals surface area contributed by atoms with Crippen LogP contribution in [0.4, 0.5) is 4.79 Å². The van der Waals surface area contributed by atoms with Gasteiger partial charge in [0.1, 0.15) is 0 Å². The van der Waals surface area contributed by atoms with Gasteiger partial charge in [0.05, 0.1) is 11.5 Å². The molecular weight excluding hydrogens is 276 g/mol. The number of urea groups is 1. The summed E-state index contributed by atoms with van der Waals surface area (Å²) in [5.41, 5.74) is -0.774. The zero-order valence-electron chi connectivity index (χ0n) is 11.8. The molecule has 1 aromatic rings. The fourth-order valence-electron chi connectivity index (χ4n) is 2.55. The smallest absolute Gasteiger partial charge is 0.317 e. The van der Waals surface area contributed by atoms with E-state index in [9.17, 15) is 14.7 Å². The molecule has 2 N–H and O–H groups in total. The molecule has 2 heterocycles. The highest BCUT2D eigenvalue weighted by Gasteiger charge is 2.44. The third-order valence-corrected chi connectivity index (χ3v) is 5.14. The number of carboxylic acids is 1. The molecule has 2 rings (SSSR count). The second kappa shape index (κ2) is 5.83. The van der Waals surface area contributed by atoms with E-state index in [1.54, 1.807) is 16.2 Å². The highest BCUT2D eigenvalue weighted by Crippen LogP contribution is 2.34. The Balaban J connectivity index is 1.96. The number of rotatable bonds is 4. The maximum Gasteiger partial charge on any atom is 0.317 e. The number of carbonyl (C=O) groups excluding carboxylic acids is 1. The number of nitrogens with one attached hydrogen (secondary N) is 1. The minimum absolute atomic E-state index is 0.0519. The molecule has 6 heteroatoms. The summed E-state index contributed by atoms with van der Waals surface area (Å²) >= 11 is 1.60. The summed E-state index contributed by atoms with van der Waals surface area (Å²) in [7, 11) is 0. The zero-order valence-corrected chi connectivity index (χ0v) is 12.6. The average Bonchev–Trinajstić information content (AvgIpc) is 3.08. The van der Waals surface area contributed by atoms with E-state index in [0.29, 0.717) is 25.9 Å². The van der Waals surface area contributed by atoms with Gasteiger partial charge in [0, 0.05) is 18.0 Å². The number of aliphatic carboxylic acids is 1. The molecule has 0 saturated carbocycles. The van der Waals surface area contributed by atoms with Crippen molar-refractivity contribution in [2.24, 2.45) is 5.41 Å². The summed E-state index contributed by atoms with van der Waals surface area (Å²) in [6.07, 6.45) is 1.08. The van der Waals surface area contributed by atoms with E-state index in [1.807, 2.05) is 31.4 Å². The zero-order chi connectivity index (χ0) is 14.8. The topological polar surface area (TPSA) is 69.6 Å². The molecule has 2 atom stereocenters. The van der Waals surface area contributed by atoms with E-state index in [0.717, 1.165) is 4.88 Å². The quantitative estimate of drug-likeness (QED) is 0.897. The normalized spacial score (nSPS) is 23.6. The summed E-state index contributed by atoms with van der Waals surface area (Å²) in [5.74, 6) is -0.804. The van der Waals surface area contributed by atoms with Gasteiger partial charge >= 0.3 is 12.0 Å². The second-order valence-electron chi connectivity index (χ2n) is 5.30. The lowest BCUT2D eigenvalue weighted by molar-refractivity contribution is -0.148. The number of hydrogen-bond donors (Lipinski definition) is 2. The van der Waals surface area contributed by atoms with Gasteiger partial charge in [0.25, 0.3) is 0 Å². The molecule has 0 aliphatic carbocycles. The SMILES string of the molecule is CCC1(C(=O)O)CCN(C(=O)NC(C)c2cccs2)C1. The number of nitrogens with zero attached hydrogens (tertiary/aromatic N) is 1. The van der Waals surface area contributed by atoms with Crippen LogP contribution >= 0.6 is 11.3 Å². The van der Waals surface area contributed by atoms with E-state index in [4.69, 9.17) is 0 Å². The largest absolute Gasteiger partial charge is 0.481 e. The Morgan fingerprint density at radius 1 is 1.60 bits per heavy atom. The van der Waals surface area contributed by atoms with Crippen molar-refractivity contribution in [3.05, 3.63) is 22.4 Å². The maximum absolute atomic E-state index is 12.2. The van der Waals surface area contributed by atoms with Gasteiger partial charge in [-0.05, 0) is 31.2 Å². The molecule has 0 radical (unpaired) electrons. The van der Waals surface area contributed by atoms with Crippen LogP contribution in [0, 0.1) is 5.41 Å². The highest BCUT2D eigenvalue weighted by molar-refractivity contribution is 7.10. The lowest BCUT2D eigenvalue weighted by Crippen LogP contribution is -2.42. The van der Waals surface area contributed by atoms with Gasteiger partial charge in [0.2, 0.25) is 0 Å². The molecule has 0 aromatic carbocycles. The molecule has 2 amide bonds. The van der Waals surface area contributed by atoms with E-state index >= 15 is 0 Å². The van der Waals surface area contributed by atoms with Crippen LogP contribution in [0.3, 0.4) is 0 Å². The first kappa shape index (κ1) is 14.8. The summed E-state index contributed by atoms with van der Waals surface area (Å²) in [6.45, 7) is 4.60. The Hall–Kier alpha value is -1.56. The van der Waals surface area contributed by atoms with Crippen LogP contribution < -0.4 is 5.32 Å². The van der Waals surface area contributed by atoms with Gasteiger partial charge < -0.3 is 15.3 Å². The predicted molar refractivity (Wildman–Crippen MR) is 77.8 cm³/mol. The van der Waals surface area contributed by atoms with E-state index in [-0.39, 0.29) is 12.1 Å². The molecule has 5 nitrogen and oxygen atoms in total. The van der Waals surface area contributed by atoms with Crippen molar-refractivity contribution < 1.29 is 14.7 Å². The average molecular weight is 296 g/mol. The molecule has 20 heavy (non-hydrogen) atoms. The van der Waals surface area contributed by atoms with Crippen LogP contribution in [-0.2, 0) is 4.79 Å². The summed E-state index contributed by atoms with van der Waals surface area (Å²) in [4.78, 5) is 26.3. The van der Waals surface area contributed by atoms with Crippen LogP contribution in [0.5, 0.6) is 0 Å². The van der Waals surface area contributed by atoms with Gasteiger partial charge in [0.15, 0.2) is 0 Å². The molecule has 110 valence electrons. The van der Waals surface area contributed by atoms with Crippen LogP contribution in [0.1, 0.15) is 37.6 Å². The number of carbonyl (C=O) groups is 2. The fraction of sp³-hybridized carbons (Fsp3) is 0.571. The molecule has 2 unspecified atom stereocenters. The van der Waals surface area contributed by atoms with Crippen LogP contribution in [0.2, 0.25) is 0 Å². The van der Waals surface area contributed by atoms with Gasteiger partial charge in [-0.25, -0.2) is 4.79 Å². The predicted octanol–water partition coefficient (Wildman–Crippen LogP) is 2.71. The van der Waals surface area contributed by atoms with Crippen molar-refractivity contribution in [3.63, 3.8) is 0 Å². The lowest BCUT2D eigenvalue weighted by Gasteiger charge is -2.24. The highest BCUT2D eigenvalue weighted by atomic mass is 32.1. The van der Waals surface area contributed by atoms with Crippen LogP contribution in [-0.4, -0.2) is 35.1 Å². The molecule has 0 bridgehead atoms. The first-order valence-corrected chi connectivity index (χ1v) is 7.69. The lowest BCUT2D eigenvalue weighted by atomic mass is 9.84. The minimum atomic E-state index is -0.804. The maximum atomic E-state index is 12.2. The van der Waals surface area contributed by atoms with Crippen LogP contribution in [0.15, 0.2) is 17.5 Å². The number of hydrogen-bond acceptors (Lipinski definition) is 3. The third kappa shape index (κ3) is 2.80. The van der Waals surface area contributed by atoms with E-state index < -0.39 is 11.4 Å². The second-order valence-corrected chi connectivity index (χ2v) is 6.28. The van der Waals surface area contributed by atoms with Crippen molar-refractivity contribution in [2.75, 3.05) is 13.1 Å². The van der Waals surface area contributed by atoms with Crippen molar-refractivity contribution in [1.29, 1.82) is 0 Å². The first-order chi connectivity index (χ1) is 9.48. The Labute approximate surface area is 122 Å². The van der Waals surface area contributed by atoms with Crippen molar-refractivity contribution in [2.45, 2.75) is 32.7 Å². The standard InChI is InChI=1S/C14H20N2O3S/c1-3-14(12(17)18)6-7-16(9-14)13(19)15-10(2)11-5-4-8-20-11/h4-5,8,10H,3,6-7,9H2,1-2H3,(H,15,19)(H,17,18). The fourth-order valence-corrected chi connectivity index (χ4v) is 3.28. The Morgan fingerprint density at radius 3 is 2.85 bits per heavy atom. The van der Waals surface area contributed by atoms with Crippen molar-refractivity contribution in [3.8, 4) is 0 Å². The number of amides is 2. The minimum Gasteiger partial charge on any atom is -0.481 e. The molecule has 0 spiro atoms. The molecule has 1 aromatic heterocycles. The molecule has 1 saturated heterocycles. The third-order valence-electron chi connectivity index (χ3n) is 4.08. The van der Waals surface area contributed by atoms with Gasteiger partial charge in [-0.3, -0.25) is 4.79 Å². The molecule has 1 fully saturated rings. The Kier molecular flexibility index (Phi) is 4.32. The van der Waals surface area contributed by atoms with Gasteiger partial charge in [-0.1, -0.05) is 13.0 Å². The summed E-state index contributed by atoms with van der Waals surface area (Å²) in [5, 5.41) is 14.2. The summed E-state index contributed by atoms with van der Waals surface area (Å²) in [6, 6.07) is 3.70. The molecular formula is C14H20N2O3S. The monoisotopic (exact) mass is 296 g/mol. The van der Waals surface area contributed by atoms with Crippen molar-refractivity contribution >= 4 is 23.3 Å². The van der Waals surface area contributed by atoms with Crippen LogP contribution in [0.25, 0.3) is 0 Å². The van der Waals surface area contributed by atoms with E-state index in [1.165, 1.54) is 0 Å². The molecule has 1 aliphatic rings. The number of likely N-dealkylation sites (tertiary alicyclic amines) is 1. The Morgan fingerprint density at radius 2 is 2.35 bits per heavy atom. The van der Waals surface area contributed by atoms with E-state index in [2.05, 4.69) is 5.32 Å². The van der Waals surface area contributed by atoms with Gasteiger partial charge in [-0.15, -0.1) is 11.3 Å². The summed E-state index contributed by atoms with van der Waals surface area (Å²) < 4.78 is 0. The molecule has 1 aliphatic heterocycles. The number of thiophene rings is 1.